The molecule has 0 aliphatic carbocycles. The van der Waals surface area contributed by atoms with Crippen molar-refractivity contribution in [1.82, 2.24) is 14.5 Å². The average Bonchev–Trinajstić information content (AvgIpc) is 2.88. The summed E-state index contributed by atoms with van der Waals surface area (Å²) >= 11 is 0. The van der Waals surface area contributed by atoms with Crippen molar-refractivity contribution in [2.24, 2.45) is 0 Å². The molecule has 1 aliphatic rings. The lowest BCUT2D eigenvalue weighted by Gasteiger charge is -2.27. The van der Waals surface area contributed by atoms with E-state index < -0.39 is 0 Å². The highest BCUT2D eigenvalue weighted by Gasteiger charge is 2.12. The van der Waals surface area contributed by atoms with E-state index in [1.54, 1.807) is 12.5 Å². The van der Waals surface area contributed by atoms with E-state index in [-0.39, 0.29) is 12.5 Å². The minimum Gasteiger partial charge on any atom is -0.357 e. The number of rotatable bonds is 4. The van der Waals surface area contributed by atoms with Gasteiger partial charge in [0.05, 0.1) is 23.9 Å². The summed E-state index contributed by atoms with van der Waals surface area (Å²) in [4.78, 5) is 23.1. The van der Waals surface area contributed by atoms with Crippen LogP contribution in [-0.2, 0) is 11.3 Å². The molecule has 1 amide bonds. The number of amides is 1. The first kappa shape index (κ1) is 15.5. The van der Waals surface area contributed by atoms with Crippen LogP contribution in [0.1, 0.15) is 30.7 Å². The van der Waals surface area contributed by atoms with Crippen LogP contribution in [0.25, 0.3) is 0 Å². The molecule has 23 heavy (non-hydrogen) atoms. The van der Waals surface area contributed by atoms with E-state index in [1.807, 2.05) is 30.5 Å². The Hall–Kier alpha value is -2.37. The molecule has 1 N–H and O–H groups in total. The summed E-state index contributed by atoms with van der Waals surface area (Å²) in [5, 5.41) is 2.89. The molecule has 3 rings (SSSR count). The fourth-order valence-electron chi connectivity index (χ4n) is 2.83. The monoisotopic (exact) mass is 313 g/mol. The molecule has 0 spiro atoms. The number of pyridine rings is 1. The predicted molar refractivity (Wildman–Crippen MR) is 90.6 cm³/mol. The van der Waals surface area contributed by atoms with Crippen LogP contribution in [0.15, 0.2) is 24.7 Å². The zero-order valence-electron chi connectivity index (χ0n) is 13.7. The highest BCUT2D eigenvalue weighted by atomic mass is 16.1. The highest BCUT2D eigenvalue weighted by Crippen LogP contribution is 2.19. The topological polar surface area (TPSA) is 63.1 Å². The van der Waals surface area contributed by atoms with Crippen molar-refractivity contribution in [2.75, 3.05) is 23.3 Å². The van der Waals surface area contributed by atoms with Crippen LogP contribution < -0.4 is 10.2 Å². The van der Waals surface area contributed by atoms with E-state index in [2.05, 4.69) is 20.2 Å². The van der Waals surface area contributed by atoms with Crippen molar-refractivity contribution < 1.29 is 4.79 Å². The molecule has 2 aromatic rings. The Kier molecular flexibility index (Phi) is 4.60. The molecule has 3 heterocycles. The lowest BCUT2D eigenvalue weighted by Crippen LogP contribution is -2.30. The molecule has 0 unspecified atom stereocenters. The minimum atomic E-state index is -0.0713. The summed E-state index contributed by atoms with van der Waals surface area (Å²) < 4.78 is 1.85. The third-order valence-electron chi connectivity index (χ3n) is 4.37. The largest absolute Gasteiger partial charge is 0.357 e. The molecule has 1 saturated heterocycles. The number of aromatic nitrogens is 3. The van der Waals surface area contributed by atoms with Gasteiger partial charge in [0.15, 0.2) is 0 Å². The maximum Gasteiger partial charge on any atom is 0.244 e. The molecular weight excluding hydrogens is 290 g/mol. The molecular formula is C17H23N5O. The Labute approximate surface area is 136 Å². The molecule has 0 saturated carbocycles. The van der Waals surface area contributed by atoms with Crippen LogP contribution in [-0.4, -0.2) is 33.5 Å². The summed E-state index contributed by atoms with van der Waals surface area (Å²) in [5.74, 6) is 0.918. The highest BCUT2D eigenvalue weighted by molar-refractivity contribution is 5.90. The zero-order chi connectivity index (χ0) is 16.2. The fraction of sp³-hybridized carbons (Fsp3) is 0.471. The molecule has 1 fully saturated rings. The van der Waals surface area contributed by atoms with E-state index in [0.29, 0.717) is 0 Å². The number of carbonyl (C=O) groups excluding carboxylic acids is 1. The van der Waals surface area contributed by atoms with Crippen LogP contribution in [0.3, 0.4) is 0 Å². The SMILES string of the molecule is Cc1ncn(CC(=O)Nc2ccc(N3CCCCC3)nc2)c1C. The Morgan fingerprint density at radius 1 is 1.17 bits per heavy atom. The number of aryl methyl sites for hydroxylation is 1. The Morgan fingerprint density at radius 3 is 2.57 bits per heavy atom. The van der Waals surface area contributed by atoms with Gasteiger partial charge in [-0.15, -0.1) is 0 Å². The van der Waals surface area contributed by atoms with Gasteiger partial charge >= 0.3 is 0 Å². The molecule has 0 atom stereocenters. The number of carbonyl (C=O) groups is 1. The van der Waals surface area contributed by atoms with Crippen LogP contribution in [0.2, 0.25) is 0 Å². The van der Waals surface area contributed by atoms with Crippen molar-refractivity contribution >= 4 is 17.4 Å². The number of hydrogen-bond donors (Lipinski definition) is 1. The van der Waals surface area contributed by atoms with Crippen molar-refractivity contribution in [1.29, 1.82) is 0 Å². The number of hydrogen-bond acceptors (Lipinski definition) is 4. The maximum atomic E-state index is 12.1. The first-order valence-corrected chi connectivity index (χ1v) is 8.12. The molecule has 1 aliphatic heterocycles. The van der Waals surface area contributed by atoms with Gasteiger partial charge in [-0.2, -0.15) is 0 Å². The number of imidazole rings is 1. The fourth-order valence-corrected chi connectivity index (χ4v) is 2.83. The number of nitrogens with one attached hydrogen (secondary N) is 1. The third-order valence-corrected chi connectivity index (χ3v) is 4.37. The van der Waals surface area contributed by atoms with Crippen LogP contribution in [0.4, 0.5) is 11.5 Å². The Morgan fingerprint density at radius 2 is 1.96 bits per heavy atom. The number of nitrogens with zero attached hydrogens (tertiary/aromatic N) is 4. The third kappa shape index (κ3) is 3.70. The summed E-state index contributed by atoms with van der Waals surface area (Å²) in [7, 11) is 0. The van der Waals surface area contributed by atoms with Gasteiger partial charge in [-0.25, -0.2) is 9.97 Å². The molecule has 6 nitrogen and oxygen atoms in total. The summed E-state index contributed by atoms with van der Waals surface area (Å²) in [6, 6.07) is 3.90. The van der Waals surface area contributed by atoms with Crippen molar-refractivity contribution in [3.8, 4) is 0 Å². The second-order valence-corrected chi connectivity index (χ2v) is 6.04. The van der Waals surface area contributed by atoms with Gasteiger partial charge in [0.1, 0.15) is 12.4 Å². The molecule has 0 bridgehead atoms. The van der Waals surface area contributed by atoms with Gasteiger partial charge in [-0.05, 0) is 45.2 Å². The summed E-state index contributed by atoms with van der Waals surface area (Å²) in [6.45, 7) is 6.30. The maximum absolute atomic E-state index is 12.1. The van der Waals surface area contributed by atoms with E-state index >= 15 is 0 Å². The van der Waals surface area contributed by atoms with E-state index in [9.17, 15) is 4.79 Å². The first-order valence-electron chi connectivity index (χ1n) is 8.12. The summed E-state index contributed by atoms with van der Waals surface area (Å²) in [6.07, 6.45) is 7.18. The smallest absolute Gasteiger partial charge is 0.244 e. The van der Waals surface area contributed by atoms with Gasteiger partial charge in [-0.3, -0.25) is 4.79 Å². The van der Waals surface area contributed by atoms with Gasteiger partial charge < -0.3 is 14.8 Å². The van der Waals surface area contributed by atoms with Crippen molar-refractivity contribution in [3.63, 3.8) is 0 Å². The zero-order valence-corrected chi connectivity index (χ0v) is 13.7. The molecule has 0 aromatic carbocycles. The lowest BCUT2D eigenvalue weighted by atomic mass is 10.1. The quantitative estimate of drug-likeness (QED) is 0.942. The Bertz CT molecular complexity index is 671. The van der Waals surface area contributed by atoms with E-state index in [4.69, 9.17) is 0 Å². The van der Waals surface area contributed by atoms with E-state index in [0.717, 1.165) is 36.0 Å². The van der Waals surface area contributed by atoms with Gasteiger partial charge in [0.2, 0.25) is 5.91 Å². The van der Waals surface area contributed by atoms with E-state index in [1.165, 1.54) is 19.3 Å². The van der Waals surface area contributed by atoms with Crippen LogP contribution >= 0.6 is 0 Å². The lowest BCUT2D eigenvalue weighted by molar-refractivity contribution is -0.116. The Balaban J connectivity index is 1.59. The number of anilines is 2. The van der Waals surface area contributed by atoms with Crippen LogP contribution in [0.5, 0.6) is 0 Å². The molecule has 0 radical (unpaired) electrons. The molecule has 122 valence electrons. The molecule has 2 aromatic heterocycles. The van der Waals surface area contributed by atoms with Gasteiger partial charge in [0.25, 0.3) is 0 Å². The molecule has 6 heteroatoms. The standard InChI is InChI=1S/C17H23N5O/c1-13-14(2)22(12-19-13)11-17(23)20-15-6-7-16(18-10-15)21-8-4-3-5-9-21/h6-7,10,12H,3-5,8-9,11H2,1-2H3,(H,20,23). The van der Waals surface area contributed by atoms with Gasteiger partial charge in [0, 0.05) is 18.8 Å². The number of piperidine rings is 1. The van der Waals surface area contributed by atoms with Crippen LogP contribution in [0, 0.1) is 13.8 Å². The second kappa shape index (κ2) is 6.81. The van der Waals surface area contributed by atoms with Crippen molar-refractivity contribution in [2.45, 2.75) is 39.7 Å². The summed E-state index contributed by atoms with van der Waals surface area (Å²) in [5.41, 5.74) is 2.69. The average molecular weight is 313 g/mol. The minimum absolute atomic E-state index is 0.0713. The predicted octanol–water partition coefficient (Wildman–Crippen LogP) is 2.52. The first-order chi connectivity index (χ1) is 11.1. The van der Waals surface area contributed by atoms with Gasteiger partial charge in [-0.1, -0.05) is 0 Å². The second-order valence-electron chi connectivity index (χ2n) is 6.04. The van der Waals surface area contributed by atoms with Crippen molar-refractivity contribution in [3.05, 3.63) is 36.0 Å². The normalized spacial score (nSPS) is 14.8.